The Kier molecular flexibility index (Phi) is 4.71. The van der Waals surface area contributed by atoms with Crippen molar-refractivity contribution in [2.45, 2.75) is 12.3 Å². The van der Waals surface area contributed by atoms with Crippen LogP contribution in [0.25, 0.3) is 0 Å². The second kappa shape index (κ2) is 6.30. The Bertz CT molecular complexity index is 597. The first-order valence-electron chi connectivity index (χ1n) is 5.68. The Labute approximate surface area is 128 Å². The molecular weight excluding hydrogens is 372 g/mol. The van der Waals surface area contributed by atoms with E-state index in [-0.39, 0.29) is 5.91 Å². The molecule has 2 aromatic rings. The lowest BCUT2D eigenvalue weighted by Crippen LogP contribution is -2.13. The normalized spacial score (nSPS) is 10.3. The van der Waals surface area contributed by atoms with Gasteiger partial charge < -0.3 is 5.32 Å². The van der Waals surface area contributed by atoms with E-state index in [0.717, 1.165) is 20.9 Å². The SMILES string of the molecule is Cc1cc(NC(=O)c2ccc(CBr)cc2)ncc1Br. The molecular formula is C14H12Br2N2O. The first-order chi connectivity index (χ1) is 9.10. The van der Waals surface area contributed by atoms with Gasteiger partial charge in [-0.15, -0.1) is 0 Å². The lowest BCUT2D eigenvalue weighted by molar-refractivity contribution is 0.102. The highest BCUT2D eigenvalue weighted by Gasteiger charge is 2.07. The highest BCUT2D eigenvalue weighted by atomic mass is 79.9. The van der Waals surface area contributed by atoms with Gasteiger partial charge in [0.2, 0.25) is 0 Å². The van der Waals surface area contributed by atoms with Crippen molar-refractivity contribution in [2.75, 3.05) is 5.32 Å². The molecule has 1 N–H and O–H groups in total. The fourth-order valence-corrected chi connectivity index (χ4v) is 2.13. The van der Waals surface area contributed by atoms with Crippen LogP contribution < -0.4 is 5.32 Å². The first-order valence-corrected chi connectivity index (χ1v) is 7.60. The molecule has 0 fully saturated rings. The third-order valence-electron chi connectivity index (χ3n) is 2.66. The Morgan fingerprint density at radius 1 is 1.32 bits per heavy atom. The molecule has 1 aromatic heterocycles. The van der Waals surface area contributed by atoms with Crippen molar-refractivity contribution in [2.24, 2.45) is 0 Å². The van der Waals surface area contributed by atoms with Crippen molar-refractivity contribution in [3.63, 3.8) is 0 Å². The van der Waals surface area contributed by atoms with Gasteiger partial charge in [0.15, 0.2) is 0 Å². The van der Waals surface area contributed by atoms with Gasteiger partial charge in [-0.2, -0.15) is 0 Å². The average molecular weight is 384 g/mol. The van der Waals surface area contributed by atoms with Crippen LogP contribution in [0, 0.1) is 6.92 Å². The first kappa shape index (κ1) is 14.2. The number of aryl methyl sites for hydroxylation is 1. The third kappa shape index (κ3) is 3.64. The number of rotatable bonds is 3. The summed E-state index contributed by atoms with van der Waals surface area (Å²) in [5, 5.41) is 3.56. The summed E-state index contributed by atoms with van der Waals surface area (Å²) in [7, 11) is 0. The van der Waals surface area contributed by atoms with Gasteiger partial charge in [-0.1, -0.05) is 28.1 Å². The van der Waals surface area contributed by atoms with Crippen LogP contribution in [0.1, 0.15) is 21.5 Å². The number of pyridine rings is 1. The van der Waals surface area contributed by atoms with Gasteiger partial charge in [0.25, 0.3) is 5.91 Å². The number of nitrogens with zero attached hydrogens (tertiary/aromatic N) is 1. The van der Waals surface area contributed by atoms with Gasteiger partial charge in [-0.3, -0.25) is 4.79 Å². The second-order valence-electron chi connectivity index (χ2n) is 4.10. The predicted molar refractivity (Wildman–Crippen MR) is 83.7 cm³/mol. The maximum absolute atomic E-state index is 12.0. The molecule has 0 bridgehead atoms. The van der Waals surface area contributed by atoms with E-state index in [9.17, 15) is 4.79 Å². The van der Waals surface area contributed by atoms with Gasteiger partial charge in [0, 0.05) is 21.6 Å². The van der Waals surface area contributed by atoms with Crippen molar-refractivity contribution < 1.29 is 4.79 Å². The number of aromatic nitrogens is 1. The van der Waals surface area contributed by atoms with E-state index in [1.807, 2.05) is 25.1 Å². The number of hydrogen-bond acceptors (Lipinski definition) is 2. The van der Waals surface area contributed by atoms with Crippen LogP contribution in [0.4, 0.5) is 5.82 Å². The number of hydrogen-bond donors (Lipinski definition) is 1. The standard InChI is InChI=1S/C14H12Br2N2O/c1-9-6-13(17-8-12(9)16)18-14(19)11-4-2-10(7-15)3-5-11/h2-6,8H,7H2,1H3,(H,17,18,19). The van der Waals surface area contributed by atoms with E-state index in [4.69, 9.17) is 0 Å². The predicted octanol–water partition coefficient (Wildman–Crippen LogP) is 4.30. The number of carbonyl (C=O) groups is 1. The van der Waals surface area contributed by atoms with Crippen LogP contribution in [0.2, 0.25) is 0 Å². The summed E-state index contributed by atoms with van der Waals surface area (Å²) in [5.41, 5.74) is 2.78. The number of nitrogens with one attached hydrogen (secondary N) is 1. The van der Waals surface area contributed by atoms with Crippen molar-refractivity contribution in [1.29, 1.82) is 0 Å². The van der Waals surface area contributed by atoms with Crippen molar-refractivity contribution in [3.05, 3.63) is 57.7 Å². The molecule has 3 nitrogen and oxygen atoms in total. The minimum Gasteiger partial charge on any atom is -0.307 e. The third-order valence-corrected chi connectivity index (χ3v) is 4.14. The summed E-state index contributed by atoms with van der Waals surface area (Å²) >= 11 is 6.75. The Morgan fingerprint density at radius 3 is 2.58 bits per heavy atom. The van der Waals surface area contributed by atoms with Crippen molar-refractivity contribution in [3.8, 4) is 0 Å². The molecule has 0 saturated heterocycles. The molecule has 98 valence electrons. The molecule has 0 unspecified atom stereocenters. The van der Waals surface area contributed by atoms with E-state index >= 15 is 0 Å². The van der Waals surface area contributed by atoms with E-state index < -0.39 is 0 Å². The molecule has 5 heteroatoms. The maximum Gasteiger partial charge on any atom is 0.256 e. The summed E-state index contributed by atoms with van der Waals surface area (Å²) in [6.07, 6.45) is 1.68. The summed E-state index contributed by atoms with van der Waals surface area (Å²) in [6, 6.07) is 9.28. The topological polar surface area (TPSA) is 42.0 Å². The van der Waals surface area contributed by atoms with E-state index in [2.05, 4.69) is 42.2 Å². The molecule has 1 aromatic carbocycles. The fourth-order valence-electron chi connectivity index (χ4n) is 1.54. The van der Waals surface area contributed by atoms with Gasteiger partial charge in [0.1, 0.15) is 5.82 Å². The summed E-state index contributed by atoms with van der Waals surface area (Å²) < 4.78 is 0.923. The summed E-state index contributed by atoms with van der Waals surface area (Å²) in [4.78, 5) is 16.2. The zero-order valence-electron chi connectivity index (χ0n) is 10.3. The van der Waals surface area contributed by atoms with Crippen LogP contribution in [-0.2, 0) is 5.33 Å². The molecule has 1 amide bonds. The summed E-state index contributed by atoms with van der Waals surface area (Å²) in [6.45, 7) is 1.95. The number of alkyl halides is 1. The average Bonchev–Trinajstić information content (AvgIpc) is 2.43. The second-order valence-corrected chi connectivity index (χ2v) is 5.52. The number of carbonyl (C=O) groups excluding carboxylic acids is 1. The lowest BCUT2D eigenvalue weighted by Gasteiger charge is -2.06. The quantitative estimate of drug-likeness (QED) is 0.803. The fraction of sp³-hybridized carbons (Fsp3) is 0.143. The van der Waals surface area contributed by atoms with Gasteiger partial charge in [-0.25, -0.2) is 4.98 Å². The molecule has 2 rings (SSSR count). The summed E-state index contributed by atoms with van der Waals surface area (Å²) in [5.74, 6) is 0.394. The molecule has 19 heavy (non-hydrogen) atoms. The van der Waals surface area contributed by atoms with Crippen LogP contribution in [-0.4, -0.2) is 10.9 Å². The zero-order valence-corrected chi connectivity index (χ0v) is 13.5. The number of halogens is 2. The molecule has 0 saturated carbocycles. The number of benzene rings is 1. The van der Waals surface area contributed by atoms with Crippen molar-refractivity contribution in [1.82, 2.24) is 4.98 Å². The molecule has 0 radical (unpaired) electrons. The molecule has 0 atom stereocenters. The molecule has 1 heterocycles. The minimum absolute atomic E-state index is 0.157. The van der Waals surface area contributed by atoms with Crippen LogP contribution in [0.5, 0.6) is 0 Å². The number of amides is 1. The zero-order chi connectivity index (χ0) is 13.8. The van der Waals surface area contributed by atoms with Crippen LogP contribution >= 0.6 is 31.9 Å². The van der Waals surface area contributed by atoms with Gasteiger partial charge in [0.05, 0.1) is 0 Å². The number of anilines is 1. The Balaban J connectivity index is 2.13. The van der Waals surface area contributed by atoms with Gasteiger partial charge >= 0.3 is 0 Å². The highest BCUT2D eigenvalue weighted by Crippen LogP contribution is 2.18. The van der Waals surface area contributed by atoms with E-state index in [1.54, 1.807) is 18.3 Å². The van der Waals surface area contributed by atoms with E-state index in [0.29, 0.717) is 11.4 Å². The molecule has 0 aliphatic carbocycles. The minimum atomic E-state index is -0.157. The molecule has 0 aliphatic rings. The van der Waals surface area contributed by atoms with Crippen LogP contribution in [0.3, 0.4) is 0 Å². The Hall–Kier alpha value is -1.20. The van der Waals surface area contributed by atoms with Gasteiger partial charge in [-0.05, 0) is 52.2 Å². The maximum atomic E-state index is 12.0. The molecule has 0 aliphatic heterocycles. The largest absolute Gasteiger partial charge is 0.307 e. The van der Waals surface area contributed by atoms with Crippen molar-refractivity contribution >= 4 is 43.6 Å². The van der Waals surface area contributed by atoms with E-state index in [1.165, 1.54) is 0 Å². The lowest BCUT2D eigenvalue weighted by atomic mass is 10.1. The Morgan fingerprint density at radius 2 is 2.00 bits per heavy atom. The highest BCUT2D eigenvalue weighted by molar-refractivity contribution is 9.10. The molecule has 0 spiro atoms. The van der Waals surface area contributed by atoms with Crippen LogP contribution in [0.15, 0.2) is 41.0 Å². The monoisotopic (exact) mass is 382 g/mol. The smallest absolute Gasteiger partial charge is 0.256 e.